The summed E-state index contributed by atoms with van der Waals surface area (Å²) in [5.74, 6) is -0.680. The van der Waals surface area contributed by atoms with Gasteiger partial charge in [0.25, 0.3) is 0 Å². The molecular formula is C21H25F2N5O. The number of nitrogens with one attached hydrogen (secondary N) is 2. The Balaban J connectivity index is 1.44. The number of nitrogens with zero attached hydrogens (tertiary/aromatic N) is 3. The Morgan fingerprint density at radius 1 is 1.03 bits per heavy atom. The third kappa shape index (κ3) is 5.66. The molecule has 0 unspecified atom stereocenters. The van der Waals surface area contributed by atoms with Gasteiger partial charge in [-0.3, -0.25) is 9.79 Å². The lowest BCUT2D eigenvalue weighted by Crippen LogP contribution is -2.52. The SMILES string of the molecule is CN=C(NCC(=O)N1CCN(c2ccccc2)CC1)NCc1cc(F)ccc1F. The smallest absolute Gasteiger partial charge is 0.242 e. The lowest BCUT2D eigenvalue weighted by Gasteiger charge is -2.36. The van der Waals surface area contributed by atoms with Crippen LogP contribution in [0.15, 0.2) is 53.5 Å². The van der Waals surface area contributed by atoms with Crippen LogP contribution in [0.4, 0.5) is 14.5 Å². The monoisotopic (exact) mass is 401 g/mol. The summed E-state index contributed by atoms with van der Waals surface area (Å²) in [5.41, 5.74) is 1.35. The molecule has 0 radical (unpaired) electrons. The van der Waals surface area contributed by atoms with Crippen molar-refractivity contribution in [3.63, 3.8) is 0 Å². The Morgan fingerprint density at radius 3 is 2.45 bits per heavy atom. The molecule has 2 N–H and O–H groups in total. The maximum Gasteiger partial charge on any atom is 0.242 e. The lowest BCUT2D eigenvalue weighted by atomic mass is 10.2. The van der Waals surface area contributed by atoms with Crippen LogP contribution in [0.3, 0.4) is 0 Å². The summed E-state index contributed by atoms with van der Waals surface area (Å²) in [6.45, 7) is 3.00. The number of hydrogen-bond donors (Lipinski definition) is 2. The number of halogens is 2. The standard InChI is InChI=1S/C21H25F2N5O/c1-24-21(25-14-16-13-17(22)7-8-19(16)23)26-15-20(29)28-11-9-27(10-12-28)18-5-3-2-4-6-18/h2-8,13H,9-12,14-15H2,1H3,(H2,24,25,26). The van der Waals surface area contributed by atoms with Crippen molar-refractivity contribution in [2.75, 3.05) is 44.7 Å². The first kappa shape index (κ1) is 20.6. The van der Waals surface area contributed by atoms with Gasteiger partial charge in [0, 0.05) is 51.0 Å². The van der Waals surface area contributed by atoms with Gasteiger partial charge in [-0.2, -0.15) is 0 Å². The molecule has 6 nitrogen and oxygen atoms in total. The molecule has 2 aromatic carbocycles. The number of piperazine rings is 1. The fourth-order valence-corrected chi connectivity index (χ4v) is 3.20. The van der Waals surface area contributed by atoms with Gasteiger partial charge in [-0.25, -0.2) is 8.78 Å². The first-order valence-corrected chi connectivity index (χ1v) is 9.53. The lowest BCUT2D eigenvalue weighted by molar-refractivity contribution is -0.130. The van der Waals surface area contributed by atoms with Crippen molar-refractivity contribution in [1.29, 1.82) is 0 Å². The quantitative estimate of drug-likeness (QED) is 0.594. The molecule has 1 aliphatic rings. The van der Waals surface area contributed by atoms with Gasteiger partial charge in [-0.05, 0) is 30.3 Å². The van der Waals surface area contributed by atoms with E-state index in [0.717, 1.165) is 37.0 Å². The second-order valence-electron chi connectivity index (χ2n) is 6.72. The Bertz CT molecular complexity index is 851. The van der Waals surface area contributed by atoms with E-state index >= 15 is 0 Å². The van der Waals surface area contributed by atoms with Crippen LogP contribution < -0.4 is 15.5 Å². The second kappa shape index (κ2) is 9.86. The molecule has 0 atom stereocenters. The molecule has 0 saturated carbocycles. The molecule has 29 heavy (non-hydrogen) atoms. The van der Waals surface area contributed by atoms with Gasteiger partial charge in [0.1, 0.15) is 11.6 Å². The van der Waals surface area contributed by atoms with E-state index in [1.54, 1.807) is 7.05 Å². The zero-order chi connectivity index (χ0) is 20.6. The number of para-hydroxylation sites is 1. The van der Waals surface area contributed by atoms with Crippen molar-refractivity contribution in [3.8, 4) is 0 Å². The minimum absolute atomic E-state index is 0.0300. The number of carbonyl (C=O) groups is 1. The van der Waals surface area contributed by atoms with E-state index in [0.29, 0.717) is 19.0 Å². The molecule has 0 spiro atoms. The highest BCUT2D eigenvalue weighted by molar-refractivity contribution is 5.86. The largest absolute Gasteiger partial charge is 0.368 e. The van der Waals surface area contributed by atoms with E-state index < -0.39 is 11.6 Å². The summed E-state index contributed by atoms with van der Waals surface area (Å²) in [4.78, 5) is 20.6. The predicted octanol–water partition coefficient (Wildman–Crippen LogP) is 1.98. The summed E-state index contributed by atoms with van der Waals surface area (Å²) in [5, 5.41) is 5.83. The first-order valence-electron chi connectivity index (χ1n) is 9.53. The Labute approximate surface area is 169 Å². The molecule has 0 bridgehead atoms. The van der Waals surface area contributed by atoms with E-state index in [4.69, 9.17) is 0 Å². The van der Waals surface area contributed by atoms with E-state index in [-0.39, 0.29) is 24.6 Å². The average molecular weight is 401 g/mol. The van der Waals surface area contributed by atoms with Gasteiger partial charge in [-0.15, -0.1) is 0 Å². The zero-order valence-corrected chi connectivity index (χ0v) is 16.4. The van der Waals surface area contributed by atoms with E-state index in [2.05, 4.69) is 32.7 Å². The van der Waals surface area contributed by atoms with Gasteiger partial charge >= 0.3 is 0 Å². The van der Waals surface area contributed by atoms with Crippen molar-refractivity contribution in [2.45, 2.75) is 6.54 Å². The van der Waals surface area contributed by atoms with Crippen molar-refractivity contribution in [3.05, 3.63) is 65.7 Å². The third-order valence-electron chi connectivity index (χ3n) is 4.84. The fourth-order valence-electron chi connectivity index (χ4n) is 3.20. The van der Waals surface area contributed by atoms with Gasteiger partial charge in [-0.1, -0.05) is 18.2 Å². The number of guanidine groups is 1. The summed E-state index contributed by atoms with van der Waals surface area (Å²) < 4.78 is 27.0. The number of carbonyl (C=O) groups excluding carboxylic acids is 1. The Hall–Kier alpha value is -3.16. The van der Waals surface area contributed by atoms with Crippen molar-refractivity contribution >= 4 is 17.6 Å². The number of hydrogen-bond acceptors (Lipinski definition) is 3. The molecule has 1 saturated heterocycles. The summed E-state index contributed by atoms with van der Waals surface area (Å²) in [6.07, 6.45) is 0. The second-order valence-corrected chi connectivity index (χ2v) is 6.72. The number of rotatable bonds is 5. The zero-order valence-electron chi connectivity index (χ0n) is 16.4. The number of benzene rings is 2. The topological polar surface area (TPSA) is 60.0 Å². The van der Waals surface area contributed by atoms with Crippen LogP contribution in [0.25, 0.3) is 0 Å². The predicted molar refractivity (Wildman–Crippen MR) is 110 cm³/mol. The molecule has 0 aromatic heterocycles. The minimum atomic E-state index is -0.504. The van der Waals surface area contributed by atoms with Crippen molar-refractivity contribution in [2.24, 2.45) is 4.99 Å². The summed E-state index contributed by atoms with van der Waals surface area (Å²) in [7, 11) is 1.56. The van der Waals surface area contributed by atoms with Crippen LogP contribution in [-0.2, 0) is 11.3 Å². The molecule has 1 amide bonds. The molecule has 2 aromatic rings. The van der Waals surface area contributed by atoms with E-state index in [1.807, 2.05) is 23.1 Å². The van der Waals surface area contributed by atoms with Crippen LogP contribution in [0.1, 0.15) is 5.56 Å². The highest BCUT2D eigenvalue weighted by atomic mass is 19.1. The normalized spacial score (nSPS) is 14.7. The van der Waals surface area contributed by atoms with Gasteiger partial charge in [0.15, 0.2) is 5.96 Å². The molecule has 1 fully saturated rings. The van der Waals surface area contributed by atoms with Gasteiger partial charge in [0.2, 0.25) is 5.91 Å². The van der Waals surface area contributed by atoms with Crippen molar-refractivity contribution < 1.29 is 13.6 Å². The third-order valence-corrected chi connectivity index (χ3v) is 4.84. The van der Waals surface area contributed by atoms with Gasteiger partial charge in [0.05, 0.1) is 6.54 Å². The molecule has 8 heteroatoms. The van der Waals surface area contributed by atoms with Gasteiger partial charge < -0.3 is 20.4 Å². The van der Waals surface area contributed by atoms with Crippen molar-refractivity contribution in [1.82, 2.24) is 15.5 Å². The summed E-state index contributed by atoms with van der Waals surface area (Å²) >= 11 is 0. The highest BCUT2D eigenvalue weighted by Crippen LogP contribution is 2.15. The van der Waals surface area contributed by atoms with Crippen LogP contribution in [0.5, 0.6) is 0 Å². The molecular weight excluding hydrogens is 376 g/mol. The first-order chi connectivity index (χ1) is 14.1. The van der Waals surface area contributed by atoms with E-state index in [1.165, 1.54) is 0 Å². The minimum Gasteiger partial charge on any atom is -0.368 e. The van der Waals surface area contributed by atoms with Crippen LogP contribution in [-0.4, -0.2) is 56.5 Å². The number of aliphatic imine (C=N–C) groups is 1. The Kier molecular flexibility index (Phi) is 6.99. The molecule has 154 valence electrons. The molecule has 1 heterocycles. The number of amides is 1. The molecule has 1 aliphatic heterocycles. The van der Waals surface area contributed by atoms with E-state index in [9.17, 15) is 13.6 Å². The Morgan fingerprint density at radius 2 is 1.76 bits per heavy atom. The summed E-state index contributed by atoms with van der Waals surface area (Å²) in [6, 6.07) is 13.4. The average Bonchev–Trinajstić information content (AvgIpc) is 2.76. The molecule has 0 aliphatic carbocycles. The van der Waals surface area contributed by atoms with Crippen LogP contribution >= 0.6 is 0 Å². The highest BCUT2D eigenvalue weighted by Gasteiger charge is 2.21. The number of anilines is 1. The maximum absolute atomic E-state index is 13.7. The fraction of sp³-hybridized carbons (Fsp3) is 0.333. The molecule has 3 rings (SSSR count). The maximum atomic E-state index is 13.7. The van der Waals surface area contributed by atoms with Crippen LogP contribution in [0.2, 0.25) is 0 Å². The van der Waals surface area contributed by atoms with Crippen LogP contribution in [0, 0.1) is 11.6 Å².